The summed E-state index contributed by atoms with van der Waals surface area (Å²) in [5, 5.41) is 0. The van der Waals surface area contributed by atoms with E-state index in [1.807, 2.05) is 0 Å². The highest BCUT2D eigenvalue weighted by atomic mass is 32.2. The summed E-state index contributed by atoms with van der Waals surface area (Å²) in [7, 11) is 0. The van der Waals surface area contributed by atoms with Crippen LogP contribution in [0.1, 0.15) is 16.1 Å². The van der Waals surface area contributed by atoms with Crippen molar-refractivity contribution in [2.75, 3.05) is 0 Å². The van der Waals surface area contributed by atoms with Crippen LogP contribution in [0.3, 0.4) is 0 Å². The maximum Gasteiger partial charge on any atom is 0.416 e. The summed E-state index contributed by atoms with van der Waals surface area (Å²) in [6.07, 6.45) is -3.72. The molecule has 0 spiro atoms. The standard InChI is InChI=1S/C18H11F3O2S/c19-18(20,21)13-2-1-3-16(10-13)24-15-7-4-12(5-8-15)17-9-6-14(11-22)23-17/h1-11H. The molecule has 1 heterocycles. The molecule has 6 heteroatoms. The van der Waals surface area contributed by atoms with Crippen LogP contribution in [0.15, 0.2) is 74.9 Å². The van der Waals surface area contributed by atoms with E-state index in [0.29, 0.717) is 16.9 Å². The summed E-state index contributed by atoms with van der Waals surface area (Å²) in [5.74, 6) is 0.806. The maximum atomic E-state index is 12.7. The van der Waals surface area contributed by atoms with E-state index in [4.69, 9.17) is 4.42 Å². The molecule has 0 unspecified atom stereocenters. The van der Waals surface area contributed by atoms with Crippen molar-refractivity contribution in [1.82, 2.24) is 0 Å². The Morgan fingerprint density at radius 3 is 2.29 bits per heavy atom. The van der Waals surface area contributed by atoms with Crippen molar-refractivity contribution in [1.29, 1.82) is 0 Å². The molecule has 2 aromatic carbocycles. The predicted octanol–water partition coefficient (Wildman–Crippen LogP) is 5.93. The van der Waals surface area contributed by atoms with Gasteiger partial charge in [0.2, 0.25) is 0 Å². The number of furan rings is 1. The highest BCUT2D eigenvalue weighted by Crippen LogP contribution is 2.35. The van der Waals surface area contributed by atoms with Crippen LogP contribution in [0.25, 0.3) is 11.3 Å². The molecule has 122 valence electrons. The Morgan fingerprint density at radius 1 is 0.917 bits per heavy atom. The lowest BCUT2D eigenvalue weighted by Crippen LogP contribution is -2.04. The molecule has 0 saturated carbocycles. The highest BCUT2D eigenvalue weighted by molar-refractivity contribution is 7.99. The number of rotatable bonds is 4. The molecule has 3 aromatic rings. The van der Waals surface area contributed by atoms with Crippen LogP contribution >= 0.6 is 11.8 Å². The molecule has 0 fully saturated rings. The third-order valence-corrected chi connectivity index (χ3v) is 4.28. The minimum Gasteiger partial charge on any atom is -0.453 e. The number of aldehydes is 1. The Morgan fingerprint density at radius 2 is 1.67 bits per heavy atom. The quantitative estimate of drug-likeness (QED) is 0.548. The van der Waals surface area contributed by atoms with Gasteiger partial charge in [-0.2, -0.15) is 13.2 Å². The first kappa shape index (κ1) is 16.4. The summed E-state index contributed by atoms with van der Waals surface area (Å²) in [6.45, 7) is 0. The maximum absolute atomic E-state index is 12.7. The number of hydrogen-bond donors (Lipinski definition) is 0. The second-order valence-corrected chi connectivity index (χ2v) is 6.12. The molecule has 2 nitrogen and oxygen atoms in total. The molecule has 0 N–H and O–H groups in total. The van der Waals surface area contributed by atoms with Gasteiger partial charge >= 0.3 is 6.18 Å². The van der Waals surface area contributed by atoms with E-state index in [1.165, 1.54) is 17.8 Å². The molecule has 0 aliphatic heterocycles. The Balaban J connectivity index is 1.78. The third kappa shape index (κ3) is 3.71. The fourth-order valence-corrected chi connectivity index (χ4v) is 3.01. The van der Waals surface area contributed by atoms with Gasteiger partial charge in [0, 0.05) is 15.4 Å². The number of carbonyl (C=O) groups is 1. The Labute approximate surface area is 140 Å². The molecule has 3 rings (SSSR count). The molecule has 0 amide bonds. The molecule has 24 heavy (non-hydrogen) atoms. The van der Waals surface area contributed by atoms with Gasteiger partial charge in [-0.05, 0) is 42.5 Å². The summed E-state index contributed by atoms with van der Waals surface area (Å²) in [4.78, 5) is 11.9. The normalized spacial score (nSPS) is 11.5. The summed E-state index contributed by atoms with van der Waals surface area (Å²) >= 11 is 1.24. The summed E-state index contributed by atoms with van der Waals surface area (Å²) < 4.78 is 43.5. The van der Waals surface area contributed by atoms with Crippen molar-refractivity contribution >= 4 is 18.0 Å². The van der Waals surface area contributed by atoms with Gasteiger partial charge < -0.3 is 4.42 Å². The van der Waals surface area contributed by atoms with Crippen LogP contribution < -0.4 is 0 Å². The van der Waals surface area contributed by atoms with Crippen molar-refractivity contribution in [2.45, 2.75) is 16.0 Å². The SMILES string of the molecule is O=Cc1ccc(-c2ccc(Sc3cccc(C(F)(F)F)c3)cc2)o1. The van der Waals surface area contributed by atoms with E-state index in [9.17, 15) is 18.0 Å². The molecule has 0 aliphatic rings. The molecule has 0 aliphatic carbocycles. The Bertz CT molecular complexity index is 851. The average molecular weight is 348 g/mol. The van der Waals surface area contributed by atoms with Crippen LogP contribution in [0, 0.1) is 0 Å². The highest BCUT2D eigenvalue weighted by Gasteiger charge is 2.30. The molecule has 0 bridgehead atoms. The second-order valence-electron chi connectivity index (χ2n) is 4.97. The van der Waals surface area contributed by atoms with Gasteiger partial charge in [-0.1, -0.05) is 30.0 Å². The summed E-state index contributed by atoms with van der Waals surface area (Å²) in [6, 6.07) is 15.7. The van der Waals surface area contributed by atoms with Crippen molar-refractivity contribution in [2.24, 2.45) is 0 Å². The predicted molar refractivity (Wildman–Crippen MR) is 85.1 cm³/mol. The first-order chi connectivity index (χ1) is 11.5. The Kier molecular flexibility index (Phi) is 4.49. The zero-order valence-electron chi connectivity index (χ0n) is 12.2. The second kappa shape index (κ2) is 6.57. The van der Waals surface area contributed by atoms with E-state index in [2.05, 4.69) is 0 Å². The third-order valence-electron chi connectivity index (χ3n) is 3.28. The van der Waals surface area contributed by atoms with Gasteiger partial charge in [0.25, 0.3) is 0 Å². The zero-order valence-corrected chi connectivity index (χ0v) is 13.0. The topological polar surface area (TPSA) is 30.2 Å². The number of benzene rings is 2. The number of halogens is 3. The minimum absolute atomic E-state index is 0.243. The van der Waals surface area contributed by atoms with Crippen LogP contribution in [0.4, 0.5) is 13.2 Å². The molecule has 0 saturated heterocycles. The Hall–Kier alpha value is -2.47. The van der Waals surface area contributed by atoms with Crippen LogP contribution in [-0.4, -0.2) is 6.29 Å². The van der Waals surface area contributed by atoms with E-state index in [0.717, 1.165) is 22.6 Å². The number of carbonyl (C=O) groups excluding carboxylic acids is 1. The van der Waals surface area contributed by atoms with Crippen LogP contribution in [0.5, 0.6) is 0 Å². The van der Waals surface area contributed by atoms with Gasteiger partial charge in [0.05, 0.1) is 5.56 Å². The number of hydrogen-bond acceptors (Lipinski definition) is 3. The smallest absolute Gasteiger partial charge is 0.416 e. The van der Waals surface area contributed by atoms with Gasteiger partial charge in [-0.15, -0.1) is 0 Å². The molecular weight excluding hydrogens is 337 g/mol. The lowest BCUT2D eigenvalue weighted by Gasteiger charge is -2.08. The lowest BCUT2D eigenvalue weighted by molar-refractivity contribution is -0.137. The molecule has 0 atom stereocenters. The van der Waals surface area contributed by atoms with Gasteiger partial charge in [-0.3, -0.25) is 4.79 Å². The van der Waals surface area contributed by atoms with Gasteiger partial charge in [-0.25, -0.2) is 0 Å². The van der Waals surface area contributed by atoms with E-state index >= 15 is 0 Å². The van der Waals surface area contributed by atoms with Crippen molar-refractivity contribution < 1.29 is 22.4 Å². The molecule has 1 aromatic heterocycles. The average Bonchev–Trinajstić information content (AvgIpc) is 3.04. The van der Waals surface area contributed by atoms with Gasteiger partial charge in [0.15, 0.2) is 12.0 Å². The first-order valence-corrected chi connectivity index (χ1v) is 7.78. The fraction of sp³-hybridized carbons (Fsp3) is 0.0556. The van der Waals surface area contributed by atoms with Crippen LogP contribution in [-0.2, 0) is 6.18 Å². The zero-order chi connectivity index (χ0) is 17.2. The molecule has 0 radical (unpaired) electrons. The van der Waals surface area contributed by atoms with Gasteiger partial charge in [0.1, 0.15) is 5.76 Å². The largest absolute Gasteiger partial charge is 0.453 e. The van der Waals surface area contributed by atoms with Crippen molar-refractivity contribution in [3.63, 3.8) is 0 Å². The fourth-order valence-electron chi connectivity index (χ4n) is 2.13. The monoisotopic (exact) mass is 348 g/mol. The first-order valence-electron chi connectivity index (χ1n) is 6.96. The lowest BCUT2D eigenvalue weighted by atomic mass is 10.2. The van der Waals surface area contributed by atoms with Crippen molar-refractivity contribution in [3.05, 3.63) is 72.0 Å². The number of alkyl halides is 3. The molecular formula is C18H11F3O2S. The van der Waals surface area contributed by atoms with Crippen LogP contribution in [0.2, 0.25) is 0 Å². The van der Waals surface area contributed by atoms with E-state index in [1.54, 1.807) is 42.5 Å². The summed E-state index contributed by atoms with van der Waals surface area (Å²) in [5.41, 5.74) is 0.123. The van der Waals surface area contributed by atoms with Crippen molar-refractivity contribution in [3.8, 4) is 11.3 Å². The van der Waals surface area contributed by atoms with E-state index < -0.39 is 11.7 Å². The van der Waals surface area contributed by atoms with E-state index in [-0.39, 0.29) is 5.76 Å². The minimum atomic E-state index is -4.35.